The Kier molecular flexibility index (Phi) is 0.856. The zero-order valence-corrected chi connectivity index (χ0v) is 3.44. The molecule has 0 saturated carbocycles. The van der Waals surface area contributed by atoms with Gasteiger partial charge in [-0.05, 0) is 5.22 Å². The second kappa shape index (κ2) is 1.51. The van der Waals surface area contributed by atoms with E-state index in [1.807, 2.05) is 0 Å². The highest BCUT2D eigenvalue weighted by Gasteiger charge is 1.91. The average Bonchev–Trinajstić information content (AvgIpc) is 2.14. The summed E-state index contributed by atoms with van der Waals surface area (Å²) in [6.07, 6.45) is 2.21. The van der Waals surface area contributed by atoms with Crippen LogP contribution < -0.4 is 0 Å². The lowest BCUT2D eigenvalue weighted by Gasteiger charge is -1.71. The minimum atomic E-state index is 0.389. The summed E-state index contributed by atoms with van der Waals surface area (Å²) in [6.45, 7) is 0. The van der Waals surface area contributed by atoms with Crippen molar-refractivity contribution < 1.29 is 5.11 Å². The Morgan fingerprint density at radius 1 is 1.71 bits per heavy atom. The standard InChI is InChI=1S/C3H3N3O/c7-2-3-1-4-6-5-3/h1-2,7H. The highest BCUT2D eigenvalue weighted by atomic mass is 16.2. The second-order valence-corrected chi connectivity index (χ2v) is 0.988. The molecule has 36 valence electrons. The highest BCUT2D eigenvalue weighted by Crippen LogP contribution is 1.98. The third-order valence-electron chi connectivity index (χ3n) is 0.534. The van der Waals surface area contributed by atoms with E-state index in [1.165, 1.54) is 6.21 Å². The molecule has 0 aromatic carbocycles. The number of hydrogen-bond donors (Lipinski definition) is 1. The molecule has 1 heterocycles. The molecule has 4 nitrogen and oxygen atoms in total. The van der Waals surface area contributed by atoms with Crippen molar-refractivity contribution in [3.8, 4) is 0 Å². The van der Waals surface area contributed by atoms with Crippen molar-refractivity contribution in [3.05, 3.63) is 12.0 Å². The highest BCUT2D eigenvalue weighted by molar-refractivity contribution is 5.78. The van der Waals surface area contributed by atoms with E-state index in [4.69, 9.17) is 5.11 Å². The first-order valence-corrected chi connectivity index (χ1v) is 1.72. The van der Waals surface area contributed by atoms with Gasteiger partial charge in [-0.2, -0.15) is 0 Å². The average molecular weight is 97.1 g/mol. The molecule has 0 atom stereocenters. The van der Waals surface area contributed by atoms with E-state index >= 15 is 0 Å². The molecule has 0 bridgehead atoms. The number of hydrogen-bond acceptors (Lipinski definition) is 4. The normalized spacial score (nSPS) is 22.0. The van der Waals surface area contributed by atoms with E-state index < -0.39 is 0 Å². The van der Waals surface area contributed by atoms with Gasteiger partial charge in [0.1, 0.15) is 12.0 Å². The van der Waals surface area contributed by atoms with Gasteiger partial charge in [0.15, 0.2) is 0 Å². The van der Waals surface area contributed by atoms with Gasteiger partial charge in [-0.15, -0.1) is 10.2 Å². The van der Waals surface area contributed by atoms with Crippen LogP contribution >= 0.6 is 0 Å². The minimum Gasteiger partial charge on any atom is -0.513 e. The molecule has 1 N–H and O–H groups in total. The summed E-state index contributed by atoms with van der Waals surface area (Å²) in [5.74, 6) is 0. The van der Waals surface area contributed by atoms with Crippen LogP contribution in [0.25, 0.3) is 0 Å². The number of nitrogens with zero attached hydrogens (tertiary/aromatic N) is 3. The Bertz CT molecular complexity index is 132. The first kappa shape index (κ1) is 3.98. The van der Waals surface area contributed by atoms with E-state index in [0.717, 1.165) is 6.26 Å². The van der Waals surface area contributed by atoms with Gasteiger partial charge in [-0.25, -0.2) is 0 Å². The molecule has 0 saturated heterocycles. The third-order valence-corrected chi connectivity index (χ3v) is 0.534. The zero-order chi connectivity index (χ0) is 5.11. The summed E-state index contributed by atoms with van der Waals surface area (Å²) in [5.41, 5.74) is 0.389. The maximum Gasteiger partial charge on any atom is 0.142 e. The summed E-state index contributed by atoms with van der Waals surface area (Å²) in [5, 5.41) is 18.1. The molecule has 1 aliphatic rings. The monoisotopic (exact) mass is 97.0 g/mol. The number of rotatable bonds is 0. The number of aliphatic hydroxyl groups excluding tert-OH is 1. The summed E-state index contributed by atoms with van der Waals surface area (Å²) < 4.78 is 0. The van der Waals surface area contributed by atoms with Crippen molar-refractivity contribution in [2.24, 2.45) is 15.4 Å². The molecule has 0 radical (unpaired) electrons. The van der Waals surface area contributed by atoms with Crippen molar-refractivity contribution in [1.82, 2.24) is 0 Å². The summed E-state index contributed by atoms with van der Waals surface area (Å²) >= 11 is 0. The maximum atomic E-state index is 8.16. The summed E-state index contributed by atoms with van der Waals surface area (Å²) in [6, 6.07) is 0. The maximum absolute atomic E-state index is 8.16. The molecule has 7 heavy (non-hydrogen) atoms. The Morgan fingerprint density at radius 2 is 2.57 bits per heavy atom. The topological polar surface area (TPSA) is 57.3 Å². The van der Waals surface area contributed by atoms with Gasteiger partial charge in [0.05, 0.1) is 6.21 Å². The first-order chi connectivity index (χ1) is 3.43. The van der Waals surface area contributed by atoms with E-state index in [2.05, 4.69) is 15.4 Å². The predicted molar refractivity (Wildman–Crippen MR) is 24.1 cm³/mol. The van der Waals surface area contributed by atoms with Crippen molar-refractivity contribution in [2.45, 2.75) is 0 Å². The van der Waals surface area contributed by atoms with Gasteiger partial charge >= 0.3 is 0 Å². The Hall–Kier alpha value is -1.19. The Balaban J connectivity index is 2.79. The lowest BCUT2D eigenvalue weighted by molar-refractivity contribution is 0.469. The smallest absolute Gasteiger partial charge is 0.142 e. The molecule has 4 heteroatoms. The van der Waals surface area contributed by atoms with Crippen LogP contribution in [0.4, 0.5) is 0 Å². The van der Waals surface area contributed by atoms with Gasteiger partial charge in [0, 0.05) is 0 Å². The van der Waals surface area contributed by atoms with Crippen molar-refractivity contribution >= 4 is 6.21 Å². The molecule has 1 aliphatic heterocycles. The van der Waals surface area contributed by atoms with E-state index in [0.29, 0.717) is 5.70 Å². The van der Waals surface area contributed by atoms with Crippen LogP contribution in [0.1, 0.15) is 0 Å². The zero-order valence-electron chi connectivity index (χ0n) is 3.44. The van der Waals surface area contributed by atoms with Crippen LogP contribution in [0.5, 0.6) is 0 Å². The minimum absolute atomic E-state index is 0.389. The molecule has 0 aromatic heterocycles. The van der Waals surface area contributed by atoms with Crippen LogP contribution in [0, 0.1) is 0 Å². The molecule has 0 aliphatic carbocycles. The van der Waals surface area contributed by atoms with Gasteiger partial charge in [-0.3, -0.25) is 0 Å². The van der Waals surface area contributed by atoms with Crippen LogP contribution in [0.2, 0.25) is 0 Å². The Labute approximate surface area is 39.9 Å². The Morgan fingerprint density at radius 3 is 2.86 bits per heavy atom. The molecule has 0 aromatic rings. The molecule has 0 amide bonds. The van der Waals surface area contributed by atoms with Crippen LogP contribution in [0.15, 0.2) is 27.4 Å². The van der Waals surface area contributed by atoms with Crippen LogP contribution in [-0.4, -0.2) is 11.3 Å². The quantitative estimate of drug-likeness (QED) is 0.447. The fourth-order valence-corrected chi connectivity index (χ4v) is 0.247. The number of aliphatic hydroxyl groups is 1. The predicted octanol–water partition coefficient (Wildman–Crippen LogP) is 0.837. The van der Waals surface area contributed by atoms with Crippen molar-refractivity contribution in [1.29, 1.82) is 0 Å². The van der Waals surface area contributed by atoms with E-state index in [9.17, 15) is 0 Å². The SMILES string of the molecule is OC=C1C=NN=N1. The molecular weight excluding hydrogens is 94.1 g/mol. The van der Waals surface area contributed by atoms with E-state index in [1.54, 1.807) is 0 Å². The molecule has 0 spiro atoms. The van der Waals surface area contributed by atoms with Gasteiger partial charge in [0.2, 0.25) is 0 Å². The van der Waals surface area contributed by atoms with E-state index in [-0.39, 0.29) is 0 Å². The number of allylic oxidation sites excluding steroid dienone is 1. The first-order valence-electron chi connectivity index (χ1n) is 1.72. The largest absolute Gasteiger partial charge is 0.513 e. The molecule has 1 rings (SSSR count). The molecular formula is C3H3N3O. The van der Waals surface area contributed by atoms with Crippen molar-refractivity contribution in [2.75, 3.05) is 0 Å². The van der Waals surface area contributed by atoms with Crippen LogP contribution in [0.3, 0.4) is 0 Å². The van der Waals surface area contributed by atoms with Crippen LogP contribution in [-0.2, 0) is 0 Å². The molecule has 0 unspecified atom stereocenters. The van der Waals surface area contributed by atoms with Gasteiger partial charge in [-0.1, -0.05) is 0 Å². The third kappa shape index (κ3) is 0.623. The lowest BCUT2D eigenvalue weighted by Crippen LogP contribution is -1.69. The van der Waals surface area contributed by atoms with Gasteiger partial charge in [0.25, 0.3) is 0 Å². The second-order valence-electron chi connectivity index (χ2n) is 0.988. The fourth-order valence-electron chi connectivity index (χ4n) is 0.247. The van der Waals surface area contributed by atoms with Crippen molar-refractivity contribution in [3.63, 3.8) is 0 Å². The molecule has 0 fully saturated rings. The van der Waals surface area contributed by atoms with Gasteiger partial charge < -0.3 is 5.11 Å². The lowest BCUT2D eigenvalue weighted by atomic mass is 10.6. The summed E-state index contributed by atoms with van der Waals surface area (Å²) in [4.78, 5) is 0. The fraction of sp³-hybridized carbons (Fsp3) is 0. The summed E-state index contributed by atoms with van der Waals surface area (Å²) in [7, 11) is 0.